The number of urea groups is 1. The number of nitrogens with zero attached hydrogens (tertiary/aromatic N) is 2. The summed E-state index contributed by atoms with van der Waals surface area (Å²) in [6, 6.07) is 3.52. The molecule has 0 bridgehead atoms. The Morgan fingerprint density at radius 2 is 2.00 bits per heavy atom. The highest BCUT2D eigenvalue weighted by Gasteiger charge is 2.25. The van der Waals surface area contributed by atoms with Crippen LogP contribution in [-0.2, 0) is 0 Å². The molecule has 8 nitrogen and oxygen atoms in total. The molecule has 1 atom stereocenters. The minimum absolute atomic E-state index is 0.0315. The van der Waals surface area contributed by atoms with Crippen LogP contribution in [0.15, 0.2) is 35.0 Å². The van der Waals surface area contributed by atoms with Crippen molar-refractivity contribution in [2.75, 3.05) is 23.8 Å². The number of anilines is 2. The topological polar surface area (TPSA) is 112 Å². The minimum atomic E-state index is -0.436. The second kappa shape index (κ2) is 8.87. The van der Waals surface area contributed by atoms with Crippen molar-refractivity contribution in [3.05, 3.63) is 47.7 Å². The third kappa shape index (κ3) is 4.80. The van der Waals surface area contributed by atoms with Gasteiger partial charge in [-0.3, -0.25) is 0 Å². The van der Waals surface area contributed by atoms with Crippen molar-refractivity contribution in [1.29, 1.82) is 0 Å². The predicted octanol–water partition coefficient (Wildman–Crippen LogP) is 3.59. The fourth-order valence-electron chi connectivity index (χ4n) is 3.00. The third-order valence-electron chi connectivity index (χ3n) is 4.48. The molecule has 0 fully saturated rings. The van der Waals surface area contributed by atoms with E-state index in [0.717, 1.165) is 5.56 Å². The molecular formula is C20H24FN5O3. The number of aryl methyl sites for hydroxylation is 1. The molecule has 0 radical (unpaired) electrons. The summed E-state index contributed by atoms with van der Waals surface area (Å²) >= 11 is 0. The van der Waals surface area contributed by atoms with E-state index < -0.39 is 12.1 Å². The summed E-state index contributed by atoms with van der Waals surface area (Å²) in [4.78, 5) is 20.6. The number of hydrogen-bond acceptors (Lipinski definition) is 6. The maximum atomic E-state index is 13.6. The normalized spacial score (nSPS) is 12.2. The highest BCUT2D eigenvalue weighted by molar-refractivity contribution is 5.89. The summed E-state index contributed by atoms with van der Waals surface area (Å²) < 4.78 is 19.5. The zero-order valence-corrected chi connectivity index (χ0v) is 16.5. The summed E-state index contributed by atoms with van der Waals surface area (Å²) in [7, 11) is 0. The molecule has 3 rings (SSSR count). The molecule has 9 heteroatoms. The Labute approximate surface area is 167 Å². The molecular weight excluding hydrogens is 377 g/mol. The lowest BCUT2D eigenvalue weighted by Crippen LogP contribution is -2.35. The Bertz CT molecular complexity index is 988. The molecule has 1 unspecified atom stereocenters. The molecule has 0 aliphatic heterocycles. The Morgan fingerprint density at radius 1 is 1.28 bits per heavy atom. The van der Waals surface area contributed by atoms with Crippen LogP contribution in [0.2, 0.25) is 0 Å². The number of rotatable bonds is 7. The van der Waals surface area contributed by atoms with Crippen molar-refractivity contribution in [2.24, 2.45) is 5.92 Å². The number of fused-ring (bicyclic) bond motifs is 1. The van der Waals surface area contributed by atoms with Gasteiger partial charge in [-0.15, -0.1) is 0 Å². The number of benzene rings is 1. The summed E-state index contributed by atoms with van der Waals surface area (Å²) in [5, 5.41) is 17.9. The molecule has 154 valence electrons. The van der Waals surface area contributed by atoms with Crippen LogP contribution in [0.1, 0.15) is 31.2 Å². The van der Waals surface area contributed by atoms with Crippen molar-refractivity contribution >= 4 is 28.6 Å². The number of aromatic nitrogens is 2. The van der Waals surface area contributed by atoms with Crippen molar-refractivity contribution in [3.63, 3.8) is 0 Å². The summed E-state index contributed by atoms with van der Waals surface area (Å²) in [6.45, 7) is 6.08. The highest BCUT2D eigenvalue weighted by atomic mass is 19.1. The molecule has 0 saturated heterocycles. The van der Waals surface area contributed by atoms with Crippen LogP contribution in [0.4, 0.5) is 20.8 Å². The summed E-state index contributed by atoms with van der Waals surface area (Å²) in [6.07, 6.45) is 2.93. The molecule has 1 aromatic carbocycles. The molecule has 2 heterocycles. The quantitative estimate of drug-likeness (QED) is 0.481. The summed E-state index contributed by atoms with van der Waals surface area (Å²) in [5.74, 6) is 0.647. The first-order valence-corrected chi connectivity index (χ1v) is 9.32. The Balaban J connectivity index is 1.74. The zero-order valence-electron chi connectivity index (χ0n) is 16.5. The van der Waals surface area contributed by atoms with Crippen LogP contribution >= 0.6 is 0 Å². The first-order chi connectivity index (χ1) is 13.9. The van der Waals surface area contributed by atoms with Crippen molar-refractivity contribution < 1.29 is 18.7 Å². The molecule has 29 heavy (non-hydrogen) atoms. The smallest absolute Gasteiger partial charge is 0.319 e. The van der Waals surface area contributed by atoms with Gasteiger partial charge in [0.25, 0.3) is 0 Å². The van der Waals surface area contributed by atoms with E-state index >= 15 is 0 Å². The maximum absolute atomic E-state index is 13.6. The molecule has 2 amide bonds. The lowest BCUT2D eigenvalue weighted by Gasteiger charge is -2.21. The van der Waals surface area contributed by atoms with Gasteiger partial charge in [0.1, 0.15) is 17.2 Å². The van der Waals surface area contributed by atoms with Gasteiger partial charge in [0.15, 0.2) is 0 Å². The lowest BCUT2D eigenvalue weighted by molar-refractivity contribution is 0.241. The summed E-state index contributed by atoms with van der Waals surface area (Å²) in [5.41, 5.74) is 1.79. The minimum Gasteiger partial charge on any atom is -0.459 e. The van der Waals surface area contributed by atoms with Gasteiger partial charge in [-0.1, -0.05) is 13.8 Å². The third-order valence-corrected chi connectivity index (χ3v) is 4.48. The molecule has 0 spiro atoms. The van der Waals surface area contributed by atoms with Crippen molar-refractivity contribution in [1.82, 2.24) is 15.3 Å². The monoisotopic (exact) mass is 401 g/mol. The average molecular weight is 401 g/mol. The Kier molecular flexibility index (Phi) is 6.28. The van der Waals surface area contributed by atoms with E-state index in [9.17, 15) is 9.18 Å². The first kappa shape index (κ1) is 20.5. The van der Waals surface area contributed by atoms with Gasteiger partial charge < -0.3 is 25.5 Å². The van der Waals surface area contributed by atoms with Crippen LogP contribution in [0, 0.1) is 18.7 Å². The standard InChI is InChI=1S/C20H24FN5O3/c1-11(2)17(18-12(3)15-8-13(21)4-5-16(15)29-18)26-20(28)25-14-9-23-19(24-10-14)22-6-7-27/h4-5,8-11,17,27H,6-7H2,1-3H3,(H,22,23,24)(H2,25,26,28). The van der Waals surface area contributed by atoms with E-state index in [1.165, 1.54) is 24.5 Å². The van der Waals surface area contributed by atoms with Gasteiger partial charge in [-0.25, -0.2) is 19.2 Å². The molecule has 0 aliphatic carbocycles. The second-order valence-corrected chi connectivity index (χ2v) is 7.00. The van der Waals surface area contributed by atoms with Gasteiger partial charge in [-0.05, 0) is 31.0 Å². The number of carbonyl (C=O) groups is 1. The number of aliphatic hydroxyl groups is 1. The van der Waals surface area contributed by atoms with Crippen LogP contribution in [-0.4, -0.2) is 34.3 Å². The molecule has 0 saturated carbocycles. The fraction of sp³-hybridized carbons (Fsp3) is 0.350. The van der Waals surface area contributed by atoms with E-state index in [1.807, 2.05) is 20.8 Å². The number of furan rings is 1. The van der Waals surface area contributed by atoms with E-state index in [0.29, 0.717) is 34.9 Å². The first-order valence-electron chi connectivity index (χ1n) is 9.32. The van der Waals surface area contributed by atoms with Gasteiger partial charge in [0, 0.05) is 17.5 Å². The molecule has 2 aromatic heterocycles. The van der Waals surface area contributed by atoms with Crippen LogP contribution in [0.25, 0.3) is 11.0 Å². The average Bonchev–Trinajstić information content (AvgIpc) is 3.01. The van der Waals surface area contributed by atoms with Crippen LogP contribution in [0.3, 0.4) is 0 Å². The van der Waals surface area contributed by atoms with E-state index in [2.05, 4.69) is 25.9 Å². The van der Waals surface area contributed by atoms with Gasteiger partial charge in [0.05, 0.1) is 30.7 Å². The Morgan fingerprint density at radius 3 is 2.66 bits per heavy atom. The van der Waals surface area contributed by atoms with Crippen molar-refractivity contribution in [3.8, 4) is 0 Å². The number of amides is 2. The number of halogens is 1. The van der Waals surface area contributed by atoms with Crippen LogP contribution in [0.5, 0.6) is 0 Å². The number of carbonyl (C=O) groups excluding carboxylic acids is 1. The van der Waals surface area contributed by atoms with E-state index in [4.69, 9.17) is 9.52 Å². The largest absolute Gasteiger partial charge is 0.459 e. The fourth-order valence-corrected chi connectivity index (χ4v) is 3.00. The predicted molar refractivity (Wildman–Crippen MR) is 108 cm³/mol. The SMILES string of the molecule is Cc1c(C(NC(=O)Nc2cnc(NCCO)nc2)C(C)C)oc2ccc(F)cc12. The van der Waals surface area contributed by atoms with Gasteiger partial charge in [-0.2, -0.15) is 0 Å². The zero-order chi connectivity index (χ0) is 21.0. The molecule has 4 N–H and O–H groups in total. The highest BCUT2D eigenvalue weighted by Crippen LogP contribution is 2.33. The lowest BCUT2D eigenvalue weighted by atomic mass is 9.98. The van der Waals surface area contributed by atoms with Gasteiger partial charge in [0.2, 0.25) is 5.95 Å². The Hall–Kier alpha value is -3.20. The molecule has 0 aliphatic rings. The van der Waals surface area contributed by atoms with E-state index in [-0.39, 0.29) is 18.3 Å². The second-order valence-electron chi connectivity index (χ2n) is 7.00. The molecule has 3 aromatic rings. The van der Waals surface area contributed by atoms with Crippen molar-refractivity contribution in [2.45, 2.75) is 26.8 Å². The number of nitrogens with one attached hydrogen (secondary N) is 3. The van der Waals surface area contributed by atoms with Crippen LogP contribution < -0.4 is 16.0 Å². The van der Waals surface area contributed by atoms with E-state index in [1.54, 1.807) is 6.07 Å². The van der Waals surface area contributed by atoms with Gasteiger partial charge >= 0.3 is 6.03 Å². The number of hydrogen-bond donors (Lipinski definition) is 4. The maximum Gasteiger partial charge on any atom is 0.319 e. The number of aliphatic hydroxyl groups excluding tert-OH is 1.